The Morgan fingerprint density at radius 1 is 1.08 bits per heavy atom. The Labute approximate surface area is 81.5 Å². The molecule has 0 radical (unpaired) electrons. The molecule has 2 aliphatic rings. The molecule has 2 nitrogen and oxygen atoms in total. The Hall–Kier alpha value is -0.0800. The first-order chi connectivity index (χ1) is 6.42. The van der Waals surface area contributed by atoms with E-state index >= 15 is 0 Å². The molecule has 76 valence electrons. The van der Waals surface area contributed by atoms with Crippen LogP contribution in [0, 0.1) is 5.92 Å². The van der Waals surface area contributed by atoms with Crippen LogP contribution in [0.15, 0.2) is 0 Å². The molecule has 0 spiro atoms. The number of piperidine rings is 1. The lowest BCUT2D eigenvalue weighted by Crippen LogP contribution is -2.48. The van der Waals surface area contributed by atoms with Crippen LogP contribution in [0.5, 0.6) is 0 Å². The molecular weight excluding hydrogens is 160 g/mol. The van der Waals surface area contributed by atoms with Crippen molar-refractivity contribution in [2.75, 3.05) is 19.6 Å². The van der Waals surface area contributed by atoms with Crippen molar-refractivity contribution in [2.24, 2.45) is 11.7 Å². The van der Waals surface area contributed by atoms with Crippen LogP contribution in [0.3, 0.4) is 0 Å². The molecule has 1 saturated carbocycles. The molecule has 2 atom stereocenters. The summed E-state index contributed by atoms with van der Waals surface area (Å²) in [6.45, 7) is 3.27. The third-order valence-electron chi connectivity index (χ3n) is 3.77. The fourth-order valence-corrected chi connectivity index (χ4v) is 3.17. The maximum absolute atomic E-state index is 5.64. The summed E-state index contributed by atoms with van der Waals surface area (Å²) < 4.78 is 0. The van der Waals surface area contributed by atoms with Crippen molar-refractivity contribution in [3.63, 3.8) is 0 Å². The summed E-state index contributed by atoms with van der Waals surface area (Å²) in [4.78, 5) is 2.65. The molecule has 2 rings (SSSR count). The summed E-state index contributed by atoms with van der Waals surface area (Å²) in [6.07, 6.45) is 8.71. The summed E-state index contributed by atoms with van der Waals surface area (Å²) in [7, 11) is 0. The number of hydrogen-bond donors (Lipinski definition) is 1. The SMILES string of the molecule is NCCN1CCC[C@H]2CCCC[C@@H]21. The van der Waals surface area contributed by atoms with Gasteiger partial charge in [0.25, 0.3) is 0 Å². The van der Waals surface area contributed by atoms with Crippen molar-refractivity contribution in [1.29, 1.82) is 0 Å². The Balaban J connectivity index is 1.94. The highest BCUT2D eigenvalue weighted by Crippen LogP contribution is 2.34. The molecule has 0 aromatic rings. The van der Waals surface area contributed by atoms with E-state index in [0.29, 0.717) is 0 Å². The van der Waals surface area contributed by atoms with Crippen molar-refractivity contribution in [1.82, 2.24) is 4.90 Å². The average Bonchev–Trinajstić information content (AvgIpc) is 2.19. The quantitative estimate of drug-likeness (QED) is 0.703. The number of nitrogens with two attached hydrogens (primary N) is 1. The Bertz CT molecular complexity index is 154. The van der Waals surface area contributed by atoms with Crippen molar-refractivity contribution < 1.29 is 0 Å². The normalized spacial score (nSPS) is 35.8. The minimum atomic E-state index is 0.837. The smallest absolute Gasteiger partial charge is 0.0124 e. The predicted octanol–water partition coefficient (Wildman–Crippen LogP) is 1.60. The first kappa shape index (κ1) is 9.47. The number of hydrogen-bond acceptors (Lipinski definition) is 2. The number of fused-ring (bicyclic) bond motifs is 1. The van der Waals surface area contributed by atoms with Gasteiger partial charge < -0.3 is 5.73 Å². The third kappa shape index (κ3) is 2.05. The molecule has 1 saturated heterocycles. The summed E-state index contributed by atoms with van der Waals surface area (Å²) in [5.41, 5.74) is 5.64. The lowest BCUT2D eigenvalue weighted by molar-refractivity contribution is 0.0637. The maximum Gasteiger partial charge on any atom is 0.0124 e. The minimum absolute atomic E-state index is 0.837. The highest BCUT2D eigenvalue weighted by atomic mass is 15.2. The van der Waals surface area contributed by atoms with E-state index in [1.807, 2.05) is 0 Å². The summed E-state index contributed by atoms with van der Waals surface area (Å²) in [5.74, 6) is 1.01. The van der Waals surface area contributed by atoms with Crippen molar-refractivity contribution in [3.8, 4) is 0 Å². The standard InChI is InChI=1S/C11H22N2/c12-7-9-13-8-3-5-10-4-1-2-6-11(10)13/h10-11H,1-9,12H2/t10-,11+/m1/s1. The van der Waals surface area contributed by atoms with Crippen molar-refractivity contribution >= 4 is 0 Å². The number of nitrogens with zero attached hydrogens (tertiary/aromatic N) is 1. The van der Waals surface area contributed by atoms with Crippen LogP contribution in [0.4, 0.5) is 0 Å². The maximum atomic E-state index is 5.64. The molecule has 0 amide bonds. The molecule has 2 heteroatoms. The van der Waals surface area contributed by atoms with Crippen LogP contribution in [0.25, 0.3) is 0 Å². The number of likely N-dealkylation sites (tertiary alicyclic amines) is 1. The molecule has 2 fully saturated rings. The Morgan fingerprint density at radius 3 is 2.69 bits per heavy atom. The first-order valence-corrected chi connectivity index (χ1v) is 5.86. The molecule has 1 heterocycles. The van der Waals surface area contributed by atoms with Gasteiger partial charge in [0.1, 0.15) is 0 Å². The second kappa shape index (κ2) is 4.43. The van der Waals surface area contributed by atoms with Crippen LogP contribution in [0.1, 0.15) is 38.5 Å². The van der Waals surface area contributed by atoms with Gasteiger partial charge in [0.05, 0.1) is 0 Å². The first-order valence-electron chi connectivity index (χ1n) is 5.86. The van der Waals surface area contributed by atoms with E-state index in [9.17, 15) is 0 Å². The third-order valence-corrected chi connectivity index (χ3v) is 3.77. The van der Waals surface area contributed by atoms with E-state index < -0.39 is 0 Å². The summed E-state index contributed by atoms with van der Waals surface area (Å²) in [5, 5.41) is 0. The monoisotopic (exact) mass is 182 g/mol. The van der Waals surface area contributed by atoms with Crippen LogP contribution in [0.2, 0.25) is 0 Å². The zero-order chi connectivity index (χ0) is 9.10. The highest BCUT2D eigenvalue weighted by molar-refractivity contribution is 4.87. The average molecular weight is 182 g/mol. The van der Waals surface area contributed by atoms with Gasteiger partial charge in [-0.25, -0.2) is 0 Å². The molecule has 1 aliphatic carbocycles. The van der Waals surface area contributed by atoms with Crippen molar-refractivity contribution in [2.45, 2.75) is 44.6 Å². The van der Waals surface area contributed by atoms with Gasteiger partial charge in [-0.15, -0.1) is 0 Å². The van der Waals surface area contributed by atoms with Crippen LogP contribution in [-0.2, 0) is 0 Å². The second-order valence-electron chi connectivity index (χ2n) is 4.58. The van der Waals surface area contributed by atoms with Crippen LogP contribution < -0.4 is 5.73 Å². The van der Waals surface area contributed by atoms with E-state index in [1.165, 1.54) is 45.1 Å². The van der Waals surface area contributed by atoms with E-state index in [1.54, 1.807) is 0 Å². The second-order valence-corrected chi connectivity index (χ2v) is 4.58. The topological polar surface area (TPSA) is 29.3 Å². The zero-order valence-corrected chi connectivity index (χ0v) is 8.54. The summed E-state index contributed by atoms with van der Waals surface area (Å²) >= 11 is 0. The number of rotatable bonds is 2. The molecule has 0 aromatic heterocycles. The Kier molecular flexibility index (Phi) is 3.23. The molecule has 0 bridgehead atoms. The minimum Gasteiger partial charge on any atom is -0.329 e. The lowest BCUT2D eigenvalue weighted by atomic mass is 9.78. The van der Waals surface area contributed by atoms with Crippen LogP contribution in [-0.4, -0.2) is 30.6 Å². The van der Waals surface area contributed by atoms with Gasteiger partial charge in [-0.1, -0.05) is 12.8 Å². The molecule has 2 N–H and O–H groups in total. The molecule has 13 heavy (non-hydrogen) atoms. The van der Waals surface area contributed by atoms with Gasteiger partial charge in [0.2, 0.25) is 0 Å². The van der Waals surface area contributed by atoms with Gasteiger partial charge in [0, 0.05) is 19.1 Å². The van der Waals surface area contributed by atoms with Gasteiger partial charge in [0.15, 0.2) is 0 Å². The van der Waals surface area contributed by atoms with E-state index in [2.05, 4.69) is 4.90 Å². The van der Waals surface area contributed by atoms with E-state index in [4.69, 9.17) is 5.73 Å². The van der Waals surface area contributed by atoms with E-state index in [0.717, 1.165) is 25.0 Å². The van der Waals surface area contributed by atoms with Gasteiger partial charge in [-0.2, -0.15) is 0 Å². The van der Waals surface area contributed by atoms with Gasteiger partial charge in [-0.05, 0) is 38.1 Å². The molecular formula is C11H22N2. The summed E-state index contributed by atoms with van der Waals surface area (Å²) in [6, 6.07) is 0.894. The molecule has 0 unspecified atom stereocenters. The van der Waals surface area contributed by atoms with E-state index in [-0.39, 0.29) is 0 Å². The van der Waals surface area contributed by atoms with Crippen molar-refractivity contribution in [3.05, 3.63) is 0 Å². The molecule has 1 aliphatic heterocycles. The van der Waals surface area contributed by atoms with Crippen LogP contribution >= 0.6 is 0 Å². The zero-order valence-electron chi connectivity index (χ0n) is 8.54. The predicted molar refractivity (Wildman–Crippen MR) is 55.6 cm³/mol. The fraction of sp³-hybridized carbons (Fsp3) is 1.00. The fourth-order valence-electron chi connectivity index (χ4n) is 3.17. The largest absolute Gasteiger partial charge is 0.329 e. The lowest BCUT2D eigenvalue weighted by Gasteiger charge is -2.44. The Morgan fingerprint density at radius 2 is 1.85 bits per heavy atom. The highest BCUT2D eigenvalue weighted by Gasteiger charge is 2.32. The molecule has 0 aromatic carbocycles. The van der Waals surface area contributed by atoms with Gasteiger partial charge in [-0.3, -0.25) is 4.90 Å². The van der Waals surface area contributed by atoms with Gasteiger partial charge >= 0.3 is 0 Å².